The zero-order chi connectivity index (χ0) is 12.8. The van der Waals surface area contributed by atoms with Gasteiger partial charge in [-0.3, -0.25) is 4.79 Å². The van der Waals surface area contributed by atoms with E-state index in [2.05, 4.69) is 5.32 Å². The van der Waals surface area contributed by atoms with E-state index in [1.165, 1.54) is 0 Å². The lowest BCUT2D eigenvalue weighted by molar-refractivity contribution is -0.140. The molecule has 1 aromatic carbocycles. The van der Waals surface area contributed by atoms with Crippen LogP contribution in [0.3, 0.4) is 0 Å². The van der Waals surface area contributed by atoms with Gasteiger partial charge in [0.1, 0.15) is 6.04 Å². The molecule has 0 fully saturated rings. The van der Waals surface area contributed by atoms with Gasteiger partial charge in [-0.1, -0.05) is 44.0 Å². The SMILES string of the molecule is CC[C@H](C)[C@H](NCc1cccc(Cl)c1)C(=O)O. The molecule has 17 heavy (non-hydrogen) atoms. The zero-order valence-corrected chi connectivity index (χ0v) is 10.9. The highest BCUT2D eigenvalue weighted by molar-refractivity contribution is 6.30. The van der Waals surface area contributed by atoms with Gasteiger partial charge in [-0.2, -0.15) is 0 Å². The Hall–Kier alpha value is -1.06. The first kappa shape index (κ1) is 14.0. The van der Waals surface area contributed by atoms with Crippen molar-refractivity contribution in [3.05, 3.63) is 34.9 Å². The molecule has 0 aliphatic rings. The van der Waals surface area contributed by atoms with Crippen molar-refractivity contribution in [1.82, 2.24) is 5.32 Å². The Balaban J connectivity index is 2.61. The van der Waals surface area contributed by atoms with Crippen LogP contribution in [0.5, 0.6) is 0 Å². The van der Waals surface area contributed by atoms with E-state index in [9.17, 15) is 4.79 Å². The summed E-state index contributed by atoms with van der Waals surface area (Å²) in [6, 6.07) is 6.91. The molecule has 0 spiro atoms. The van der Waals surface area contributed by atoms with Crippen molar-refractivity contribution in [3.63, 3.8) is 0 Å². The van der Waals surface area contributed by atoms with Crippen molar-refractivity contribution in [1.29, 1.82) is 0 Å². The number of rotatable bonds is 6. The number of carboxylic acids is 1. The highest BCUT2D eigenvalue weighted by atomic mass is 35.5. The Morgan fingerprint density at radius 3 is 2.76 bits per heavy atom. The van der Waals surface area contributed by atoms with Crippen molar-refractivity contribution < 1.29 is 9.90 Å². The van der Waals surface area contributed by atoms with Crippen molar-refractivity contribution in [3.8, 4) is 0 Å². The fourth-order valence-corrected chi connectivity index (χ4v) is 1.86. The fraction of sp³-hybridized carbons (Fsp3) is 0.462. The molecule has 2 N–H and O–H groups in total. The number of hydrogen-bond acceptors (Lipinski definition) is 2. The van der Waals surface area contributed by atoms with E-state index in [1.54, 1.807) is 6.07 Å². The third-order valence-electron chi connectivity index (χ3n) is 2.89. The molecule has 1 aromatic rings. The van der Waals surface area contributed by atoms with E-state index < -0.39 is 12.0 Å². The van der Waals surface area contributed by atoms with Crippen LogP contribution in [-0.4, -0.2) is 17.1 Å². The van der Waals surface area contributed by atoms with Gasteiger partial charge in [-0.15, -0.1) is 0 Å². The van der Waals surface area contributed by atoms with Crippen LogP contribution in [0.25, 0.3) is 0 Å². The van der Waals surface area contributed by atoms with Crippen LogP contribution in [0, 0.1) is 5.92 Å². The van der Waals surface area contributed by atoms with Crippen molar-refractivity contribution in [2.75, 3.05) is 0 Å². The third kappa shape index (κ3) is 4.36. The Kier molecular flexibility index (Phi) is 5.45. The monoisotopic (exact) mass is 255 g/mol. The summed E-state index contributed by atoms with van der Waals surface area (Å²) in [5.41, 5.74) is 0.993. The molecule has 0 saturated heterocycles. The van der Waals surface area contributed by atoms with Crippen molar-refractivity contribution >= 4 is 17.6 Å². The first-order valence-corrected chi connectivity index (χ1v) is 6.13. The van der Waals surface area contributed by atoms with Gasteiger partial charge in [0.25, 0.3) is 0 Å². The Morgan fingerprint density at radius 1 is 1.53 bits per heavy atom. The molecule has 0 amide bonds. The minimum atomic E-state index is -0.804. The second-order valence-electron chi connectivity index (χ2n) is 4.21. The van der Waals surface area contributed by atoms with Gasteiger partial charge in [0, 0.05) is 11.6 Å². The summed E-state index contributed by atoms with van der Waals surface area (Å²) < 4.78 is 0. The number of halogens is 1. The van der Waals surface area contributed by atoms with E-state index in [0.717, 1.165) is 12.0 Å². The fourth-order valence-electron chi connectivity index (χ4n) is 1.64. The number of carbonyl (C=O) groups is 1. The zero-order valence-electron chi connectivity index (χ0n) is 10.1. The average molecular weight is 256 g/mol. The van der Waals surface area contributed by atoms with Crippen LogP contribution in [0.2, 0.25) is 5.02 Å². The molecule has 0 radical (unpaired) electrons. The van der Waals surface area contributed by atoms with E-state index in [-0.39, 0.29) is 5.92 Å². The van der Waals surface area contributed by atoms with Crippen LogP contribution in [-0.2, 0) is 11.3 Å². The van der Waals surface area contributed by atoms with Gasteiger partial charge in [-0.25, -0.2) is 0 Å². The highest BCUT2D eigenvalue weighted by Gasteiger charge is 2.22. The second-order valence-corrected chi connectivity index (χ2v) is 4.65. The van der Waals surface area contributed by atoms with E-state index in [0.29, 0.717) is 11.6 Å². The Morgan fingerprint density at radius 2 is 2.24 bits per heavy atom. The van der Waals surface area contributed by atoms with Crippen molar-refractivity contribution in [2.24, 2.45) is 5.92 Å². The lowest BCUT2D eigenvalue weighted by Gasteiger charge is -2.20. The van der Waals surface area contributed by atoms with Crippen LogP contribution in [0.15, 0.2) is 24.3 Å². The minimum absolute atomic E-state index is 0.103. The first-order chi connectivity index (χ1) is 8.04. The molecule has 0 aromatic heterocycles. The summed E-state index contributed by atoms with van der Waals surface area (Å²) in [4.78, 5) is 11.1. The molecule has 0 aliphatic carbocycles. The maximum absolute atomic E-state index is 11.1. The first-order valence-electron chi connectivity index (χ1n) is 5.75. The highest BCUT2D eigenvalue weighted by Crippen LogP contribution is 2.12. The standard InChI is InChI=1S/C13H18ClNO2/c1-3-9(2)12(13(16)17)15-8-10-5-4-6-11(14)7-10/h4-7,9,12,15H,3,8H2,1-2H3,(H,16,17)/t9-,12-/m0/s1. The topological polar surface area (TPSA) is 49.3 Å². The molecule has 0 aliphatic heterocycles. The maximum Gasteiger partial charge on any atom is 0.320 e. The van der Waals surface area contributed by atoms with Gasteiger partial charge in [0.05, 0.1) is 0 Å². The summed E-state index contributed by atoms with van der Waals surface area (Å²) in [7, 11) is 0. The average Bonchev–Trinajstić information content (AvgIpc) is 2.28. The van der Waals surface area contributed by atoms with Gasteiger partial charge in [-0.05, 0) is 23.6 Å². The quantitative estimate of drug-likeness (QED) is 0.822. The maximum atomic E-state index is 11.1. The Labute approximate surface area is 107 Å². The van der Waals surface area contributed by atoms with Crippen LogP contribution >= 0.6 is 11.6 Å². The van der Waals surface area contributed by atoms with E-state index in [1.807, 2.05) is 32.0 Å². The molecule has 0 bridgehead atoms. The predicted octanol–water partition coefficient (Wildman–Crippen LogP) is 2.93. The molecule has 0 unspecified atom stereocenters. The van der Waals surface area contributed by atoms with Crippen LogP contribution < -0.4 is 5.32 Å². The van der Waals surface area contributed by atoms with E-state index in [4.69, 9.17) is 16.7 Å². The number of hydrogen-bond donors (Lipinski definition) is 2. The molecule has 94 valence electrons. The van der Waals surface area contributed by atoms with Gasteiger partial charge in [0.2, 0.25) is 0 Å². The molecule has 2 atom stereocenters. The van der Waals surface area contributed by atoms with Crippen molar-refractivity contribution in [2.45, 2.75) is 32.9 Å². The number of nitrogens with one attached hydrogen (secondary N) is 1. The van der Waals surface area contributed by atoms with Gasteiger partial charge in [0.15, 0.2) is 0 Å². The third-order valence-corrected chi connectivity index (χ3v) is 3.13. The number of aliphatic carboxylic acids is 1. The van der Waals surface area contributed by atoms with Gasteiger partial charge < -0.3 is 10.4 Å². The smallest absolute Gasteiger partial charge is 0.320 e. The molecule has 0 saturated carbocycles. The van der Waals surface area contributed by atoms with E-state index >= 15 is 0 Å². The predicted molar refractivity (Wildman–Crippen MR) is 69.2 cm³/mol. The summed E-state index contributed by atoms with van der Waals surface area (Å²) in [6.07, 6.45) is 0.833. The molecule has 0 heterocycles. The summed E-state index contributed by atoms with van der Waals surface area (Å²) in [6.45, 7) is 4.44. The lowest BCUT2D eigenvalue weighted by atomic mass is 9.99. The largest absolute Gasteiger partial charge is 0.480 e. The molecule has 3 nitrogen and oxygen atoms in total. The second kappa shape index (κ2) is 6.62. The minimum Gasteiger partial charge on any atom is -0.480 e. The summed E-state index contributed by atoms with van der Waals surface area (Å²) in [5.74, 6) is -0.701. The van der Waals surface area contributed by atoms with Crippen LogP contribution in [0.4, 0.5) is 0 Å². The Bertz CT molecular complexity index is 381. The molecule has 4 heteroatoms. The van der Waals surface area contributed by atoms with Gasteiger partial charge >= 0.3 is 5.97 Å². The summed E-state index contributed by atoms with van der Waals surface area (Å²) in [5, 5.41) is 12.8. The number of benzene rings is 1. The molecular weight excluding hydrogens is 238 g/mol. The normalized spacial score (nSPS) is 14.3. The molecular formula is C13H18ClNO2. The lowest BCUT2D eigenvalue weighted by Crippen LogP contribution is -2.41. The number of carboxylic acid groups (broad SMARTS) is 1. The summed E-state index contributed by atoms with van der Waals surface area (Å²) >= 11 is 5.87. The van der Waals surface area contributed by atoms with Crippen LogP contribution in [0.1, 0.15) is 25.8 Å². The molecule has 1 rings (SSSR count).